The van der Waals surface area contributed by atoms with E-state index >= 15 is 0 Å². The van der Waals surface area contributed by atoms with Gasteiger partial charge in [-0.3, -0.25) is 0 Å². The van der Waals surface area contributed by atoms with Gasteiger partial charge in [0.05, 0.1) is 6.10 Å². The van der Waals surface area contributed by atoms with Crippen molar-refractivity contribution in [3.63, 3.8) is 0 Å². The van der Waals surface area contributed by atoms with Gasteiger partial charge in [0.15, 0.2) is 0 Å². The third-order valence-electron chi connectivity index (χ3n) is 1.85. The highest BCUT2D eigenvalue weighted by molar-refractivity contribution is 7.90. The Kier molecular flexibility index (Phi) is 3.34. The van der Waals surface area contributed by atoms with Crippen molar-refractivity contribution in [1.29, 1.82) is 0 Å². The van der Waals surface area contributed by atoms with E-state index in [1.807, 2.05) is 6.92 Å². The molecule has 2 unspecified atom stereocenters. The molecule has 0 aromatic carbocycles. The molecule has 6 heteroatoms. The van der Waals surface area contributed by atoms with Crippen LogP contribution in [0.25, 0.3) is 0 Å². The Bertz CT molecular complexity index is 241. The fourth-order valence-electron chi connectivity index (χ4n) is 1.15. The van der Waals surface area contributed by atoms with E-state index in [-0.39, 0.29) is 12.1 Å². The maximum absolute atomic E-state index is 11.0. The van der Waals surface area contributed by atoms with Crippen LogP contribution in [0.4, 0.5) is 0 Å². The Morgan fingerprint density at radius 1 is 1.67 bits per heavy atom. The molecule has 1 aliphatic heterocycles. The lowest BCUT2D eigenvalue weighted by atomic mass is 10.2. The van der Waals surface area contributed by atoms with Gasteiger partial charge in [0, 0.05) is 12.6 Å². The fraction of sp³-hybridized carbons (Fsp3) is 1.00. The van der Waals surface area contributed by atoms with Gasteiger partial charge in [-0.25, -0.2) is 13.1 Å². The second-order valence-electron chi connectivity index (χ2n) is 2.81. The number of halogens is 1. The SMILES string of the molecule is CC1OCCC1NS(=O)(=O)CCl. The zero-order valence-corrected chi connectivity index (χ0v) is 8.36. The van der Waals surface area contributed by atoms with Crippen LogP contribution in [0.3, 0.4) is 0 Å². The molecule has 0 aromatic heterocycles. The number of ether oxygens (including phenoxy) is 1. The van der Waals surface area contributed by atoms with Crippen LogP contribution >= 0.6 is 11.6 Å². The highest BCUT2D eigenvalue weighted by Crippen LogP contribution is 2.13. The van der Waals surface area contributed by atoms with Gasteiger partial charge in [0.25, 0.3) is 0 Å². The number of hydrogen-bond acceptors (Lipinski definition) is 3. The second kappa shape index (κ2) is 3.91. The molecular formula is C6H12ClNO3S. The first-order valence-corrected chi connectivity index (χ1v) is 5.91. The van der Waals surface area contributed by atoms with Gasteiger partial charge < -0.3 is 4.74 Å². The lowest BCUT2D eigenvalue weighted by Gasteiger charge is -2.14. The molecule has 4 nitrogen and oxygen atoms in total. The van der Waals surface area contributed by atoms with E-state index in [1.165, 1.54) is 0 Å². The van der Waals surface area contributed by atoms with Crippen LogP contribution in [0, 0.1) is 0 Å². The minimum atomic E-state index is -3.30. The molecule has 0 radical (unpaired) electrons. The van der Waals surface area contributed by atoms with E-state index in [4.69, 9.17) is 16.3 Å². The Morgan fingerprint density at radius 3 is 2.75 bits per heavy atom. The minimum Gasteiger partial charge on any atom is -0.377 e. The number of sulfonamides is 1. The van der Waals surface area contributed by atoms with Crippen molar-refractivity contribution in [2.45, 2.75) is 25.5 Å². The molecule has 1 aliphatic rings. The van der Waals surface area contributed by atoms with E-state index in [0.29, 0.717) is 6.61 Å². The summed E-state index contributed by atoms with van der Waals surface area (Å²) < 4.78 is 29.7. The standard InChI is InChI=1S/C6H12ClNO3S/c1-5-6(2-3-11-5)8-12(9,10)4-7/h5-6,8H,2-4H2,1H3. The van der Waals surface area contributed by atoms with Gasteiger partial charge in [0.1, 0.15) is 5.21 Å². The summed E-state index contributed by atoms with van der Waals surface area (Å²) >= 11 is 5.23. The average Bonchev–Trinajstić information content (AvgIpc) is 2.36. The maximum Gasteiger partial charge on any atom is 0.225 e. The van der Waals surface area contributed by atoms with Gasteiger partial charge in [-0.05, 0) is 13.3 Å². The molecule has 0 saturated carbocycles. The molecule has 0 bridgehead atoms. The molecule has 2 atom stereocenters. The van der Waals surface area contributed by atoms with Crippen LogP contribution in [0.1, 0.15) is 13.3 Å². The van der Waals surface area contributed by atoms with Gasteiger partial charge in [0.2, 0.25) is 10.0 Å². The normalized spacial score (nSPS) is 30.8. The summed E-state index contributed by atoms with van der Waals surface area (Å²) in [6.07, 6.45) is 0.667. The van der Waals surface area contributed by atoms with Crippen molar-refractivity contribution < 1.29 is 13.2 Å². The van der Waals surface area contributed by atoms with Gasteiger partial charge in [-0.2, -0.15) is 0 Å². The summed E-state index contributed by atoms with van der Waals surface area (Å²) in [6, 6.07) is -0.117. The summed E-state index contributed by atoms with van der Waals surface area (Å²) in [6.45, 7) is 2.45. The molecule has 12 heavy (non-hydrogen) atoms. The summed E-state index contributed by atoms with van der Waals surface area (Å²) in [4.78, 5) is 0. The van der Waals surface area contributed by atoms with Crippen LogP contribution in [0.2, 0.25) is 0 Å². The van der Waals surface area contributed by atoms with Crippen molar-refractivity contribution in [2.75, 3.05) is 11.8 Å². The summed E-state index contributed by atoms with van der Waals surface area (Å²) in [5.74, 6) is 0. The van der Waals surface area contributed by atoms with Crippen molar-refractivity contribution in [3.05, 3.63) is 0 Å². The van der Waals surface area contributed by atoms with E-state index in [0.717, 1.165) is 6.42 Å². The Morgan fingerprint density at radius 2 is 2.33 bits per heavy atom. The van der Waals surface area contributed by atoms with Crippen molar-refractivity contribution in [3.8, 4) is 0 Å². The average molecular weight is 214 g/mol. The van der Waals surface area contributed by atoms with Crippen LogP contribution in [-0.4, -0.2) is 32.4 Å². The van der Waals surface area contributed by atoms with Gasteiger partial charge in [-0.15, -0.1) is 11.6 Å². The molecule has 0 amide bonds. The summed E-state index contributed by atoms with van der Waals surface area (Å²) in [5.41, 5.74) is 0. The number of hydrogen-bond donors (Lipinski definition) is 1. The highest BCUT2D eigenvalue weighted by Gasteiger charge is 2.27. The van der Waals surface area contributed by atoms with Crippen molar-refractivity contribution in [2.24, 2.45) is 0 Å². The zero-order chi connectivity index (χ0) is 9.19. The molecule has 1 saturated heterocycles. The minimum absolute atomic E-state index is 0.0528. The third-order valence-corrected chi connectivity index (χ3v) is 3.66. The molecule has 0 aromatic rings. The van der Waals surface area contributed by atoms with Crippen LogP contribution in [-0.2, 0) is 14.8 Å². The zero-order valence-electron chi connectivity index (χ0n) is 6.79. The molecule has 1 rings (SSSR count). The Hall–Kier alpha value is 0.160. The van der Waals surface area contributed by atoms with Gasteiger partial charge >= 0.3 is 0 Å². The molecular weight excluding hydrogens is 202 g/mol. The lowest BCUT2D eigenvalue weighted by Crippen LogP contribution is -2.39. The topological polar surface area (TPSA) is 55.4 Å². The predicted octanol–water partition coefficient (Wildman–Crippen LogP) is 0.280. The Labute approximate surface area is 77.3 Å². The first-order valence-electron chi connectivity index (χ1n) is 3.73. The summed E-state index contributed by atoms with van der Waals surface area (Å²) in [7, 11) is -3.30. The van der Waals surface area contributed by atoms with Crippen molar-refractivity contribution >= 4 is 21.6 Å². The fourth-order valence-corrected chi connectivity index (χ4v) is 2.17. The number of rotatable bonds is 3. The van der Waals surface area contributed by atoms with E-state index < -0.39 is 15.2 Å². The van der Waals surface area contributed by atoms with E-state index in [9.17, 15) is 8.42 Å². The quantitative estimate of drug-likeness (QED) is 0.686. The van der Waals surface area contributed by atoms with Crippen molar-refractivity contribution in [1.82, 2.24) is 4.72 Å². The lowest BCUT2D eigenvalue weighted by molar-refractivity contribution is 0.117. The van der Waals surface area contributed by atoms with Crippen LogP contribution in [0.5, 0.6) is 0 Å². The molecule has 1 N–H and O–H groups in total. The smallest absolute Gasteiger partial charge is 0.225 e. The highest BCUT2D eigenvalue weighted by atomic mass is 35.5. The van der Waals surface area contributed by atoms with E-state index in [1.54, 1.807) is 0 Å². The number of alkyl halides is 1. The van der Waals surface area contributed by atoms with Crippen LogP contribution < -0.4 is 4.72 Å². The van der Waals surface area contributed by atoms with E-state index in [2.05, 4.69) is 4.72 Å². The molecule has 1 heterocycles. The first-order chi connectivity index (χ1) is 5.55. The maximum atomic E-state index is 11.0. The first kappa shape index (κ1) is 10.2. The molecule has 0 aliphatic carbocycles. The Balaban J connectivity index is 2.51. The largest absolute Gasteiger partial charge is 0.377 e. The second-order valence-corrected chi connectivity index (χ2v) is 5.15. The molecule has 0 spiro atoms. The molecule has 1 fully saturated rings. The number of nitrogens with one attached hydrogen (secondary N) is 1. The summed E-state index contributed by atoms with van der Waals surface area (Å²) in [5, 5.41) is -0.393. The third kappa shape index (κ3) is 2.58. The monoisotopic (exact) mass is 213 g/mol. The predicted molar refractivity (Wildman–Crippen MR) is 46.6 cm³/mol. The molecule has 72 valence electrons. The van der Waals surface area contributed by atoms with Gasteiger partial charge in [-0.1, -0.05) is 0 Å². The van der Waals surface area contributed by atoms with Crippen LogP contribution in [0.15, 0.2) is 0 Å².